The largest absolute Gasteiger partial charge is 0.310 e. The maximum absolute atomic E-state index is 13.8. The molecule has 0 aliphatic rings. The summed E-state index contributed by atoms with van der Waals surface area (Å²) < 4.78 is 28.6. The molecule has 0 saturated heterocycles. The van der Waals surface area contributed by atoms with Crippen molar-refractivity contribution < 1.29 is 13.6 Å². The first-order valence-corrected chi connectivity index (χ1v) is 8.55. The van der Waals surface area contributed by atoms with Crippen LogP contribution >= 0.6 is 11.8 Å². The van der Waals surface area contributed by atoms with Gasteiger partial charge in [-0.1, -0.05) is 6.92 Å². The predicted molar refractivity (Wildman–Crippen MR) is 88.6 cm³/mol. The molecular formula is C16H19F2N3OS. The summed E-state index contributed by atoms with van der Waals surface area (Å²) >= 11 is 1.47. The first kappa shape index (κ1) is 17.5. The lowest BCUT2D eigenvalue weighted by atomic mass is 10.2. The molecule has 2 aromatic rings. The van der Waals surface area contributed by atoms with E-state index in [0.717, 1.165) is 23.8 Å². The standard InChI is InChI=1S/C16H19F2N3OS/c1-4-14(23-3)16(22)20-15-10(2)8-19-21(15)9-11-7-12(17)5-6-13(11)18/h5-8,14H,4,9H2,1-3H3,(H,20,22). The molecule has 0 spiro atoms. The number of aryl methyl sites for hydroxylation is 1. The Morgan fingerprint density at radius 1 is 1.43 bits per heavy atom. The summed E-state index contributed by atoms with van der Waals surface area (Å²) in [7, 11) is 0. The molecule has 1 unspecified atom stereocenters. The average Bonchev–Trinajstić information content (AvgIpc) is 2.85. The molecule has 0 saturated carbocycles. The quantitative estimate of drug-likeness (QED) is 0.875. The first-order chi connectivity index (χ1) is 11.0. The van der Waals surface area contributed by atoms with Crippen molar-refractivity contribution in [2.75, 3.05) is 11.6 Å². The van der Waals surface area contributed by atoms with E-state index in [1.54, 1.807) is 13.1 Å². The van der Waals surface area contributed by atoms with Crippen LogP contribution in [0.15, 0.2) is 24.4 Å². The topological polar surface area (TPSA) is 46.9 Å². The van der Waals surface area contributed by atoms with Gasteiger partial charge in [-0.15, -0.1) is 0 Å². The molecule has 0 bridgehead atoms. The normalized spacial score (nSPS) is 12.2. The number of amides is 1. The molecule has 7 heteroatoms. The maximum atomic E-state index is 13.8. The van der Waals surface area contributed by atoms with E-state index in [0.29, 0.717) is 12.2 Å². The average molecular weight is 339 g/mol. The van der Waals surface area contributed by atoms with Gasteiger partial charge in [-0.05, 0) is 37.8 Å². The van der Waals surface area contributed by atoms with E-state index in [1.807, 2.05) is 13.2 Å². The number of rotatable bonds is 6. The molecule has 0 aliphatic carbocycles. The second kappa shape index (κ2) is 7.59. The van der Waals surface area contributed by atoms with Crippen LogP contribution in [0.5, 0.6) is 0 Å². The lowest BCUT2D eigenvalue weighted by molar-refractivity contribution is -0.115. The zero-order valence-electron chi connectivity index (χ0n) is 13.3. The highest BCUT2D eigenvalue weighted by molar-refractivity contribution is 7.99. The number of benzene rings is 1. The van der Waals surface area contributed by atoms with E-state index < -0.39 is 11.6 Å². The third-order valence-corrected chi connectivity index (χ3v) is 4.66. The lowest BCUT2D eigenvalue weighted by Crippen LogP contribution is -2.26. The molecule has 1 amide bonds. The van der Waals surface area contributed by atoms with Gasteiger partial charge in [0.05, 0.1) is 18.0 Å². The number of nitrogens with one attached hydrogen (secondary N) is 1. The van der Waals surface area contributed by atoms with Gasteiger partial charge in [0.15, 0.2) is 0 Å². The van der Waals surface area contributed by atoms with Gasteiger partial charge < -0.3 is 5.32 Å². The van der Waals surface area contributed by atoms with E-state index in [1.165, 1.54) is 16.4 Å². The third kappa shape index (κ3) is 4.10. The van der Waals surface area contributed by atoms with Crippen molar-refractivity contribution in [1.82, 2.24) is 9.78 Å². The Balaban J connectivity index is 2.25. The van der Waals surface area contributed by atoms with Crippen molar-refractivity contribution in [3.63, 3.8) is 0 Å². The van der Waals surface area contributed by atoms with Gasteiger partial charge in [0.25, 0.3) is 0 Å². The van der Waals surface area contributed by atoms with Crippen molar-refractivity contribution in [3.8, 4) is 0 Å². The fourth-order valence-electron chi connectivity index (χ4n) is 2.24. The van der Waals surface area contributed by atoms with Gasteiger partial charge in [-0.2, -0.15) is 16.9 Å². The number of carbonyl (C=O) groups is 1. The van der Waals surface area contributed by atoms with Gasteiger partial charge in [0.2, 0.25) is 5.91 Å². The van der Waals surface area contributed by atoms with Crippen molar-refractivity contribution in [1.29, 1.82) is 0 Å². The van der Waals surface area contributed by atoms with Gasteiger partial charge in [0.1, 0.15) is 17.5 Å². The van der Waals surface area contributed by atoms with Crippen LogP contribution in [-0.2, 0) is 11.3 Å². The van der Waals surface area contributed by atoms with Gasteiger partial charge in [0, 0.05) is 11.1 Å². The second-order valence-corrected chi connectivity index (χ2v) is 6.23. The highest BCUT2D eigenvalue weighted by atomic mass is 32.2. The number of halogens is 2. The van der Waals surface area contributed by atoms with Crippen molar-refractivity contribution in [2.45, 2.75) is 32.1 Å². The monoisotopic (exact) mass is 339 g/mol. The first-order valence-electron chi connectivity index (χ1n) is 7.26. The molecule has 1 aromatic heterocycles. The Hall–Kier alpha value is -1.89. The number of hydrogen-bond donors (Lipinski definition) is 1. The molecule has 1 aromatic carbocycles. The minimum Gasteiger partial charge on any atom is -0.310 e. The summed E-state index contributed by atoms with van der Waals surface area (Å²) in [5.41, 5.74) is 0.951. The van der Waals surface area contributed by atoms with Crippen LogP contribution in [0.4, 0.5) is 14.6 Å². The van der Waals surface area contributed by atoms with E-state index in [9.17, 15) is 13.6 Å². The number of aromatic nitrogens is 2. The summed E-state index contributed by atoms with van der Waals surface area (Å²) in [4.78, 5) is 12.2. The van der Waals surface area contributed by atoms with Crippen molar-refractivity contribution in [2.24, 2.45) is 0 Å². The molecular weight excluding hydrogens is 320 g/mol. The minimum absolute atomic E-state index is 0.0447. The molecule has 2 rings (SSSR count). The molecule has 0 radical (unpaired) electrons. The van der Waals surface area contributed by atoms with Crippen LogP contribution in [0.3, 0.4) is 0 Å². The van der Waals surface area contributed by atoms with Gasteiger partial charge in [-0.25, -0.2) is 13.5 Å². The Morgan fingerprint density at radius 2 is 2.17 bits per heavy atom. The highest BCUT2D eigenvalue weighted by Crippen LogP contribution is 2.20. The van der Waals surface area contributed by atoms with Crippen LogP contribution in [-0.4, -0.2) is 27.2 Å². The molecule has 0 fully saturated rings. The minimum atomic E-state index is -0.510. The lowest BCUT2D eigenvalue weighted by Gasteiger charge is -2.15. The smallest absolute Gasteiger partial charge is 0.238 e. The highest BCUT2D eigenvalue weighted by Gasteiger charge is 2.19. The zero-order valence-corrected chi connectivity index (χ0v) is 14.1. The van der Waals surface area contributed by atoms with Crippen LogP contribution in [0.25, 0.3) is 0 Å². The predicted octanol–water partition coefficient (Wildman–Crippen LogP) is 3.60. The summed E-state index contributed by atoms with van der Waals surface area (Å²) in [5.74, 6) is -0.632. The SMILES string of the molecule is CCC(SC)C(=O)Nc1c(C)cnn1Cc1cc(F)ccc1F. The summed E-state index contributed by atoms with van der Waals surface area (Å²) in [6, 6.07) is 3.29. The molecule has 1 N–H and O–H groups in total. The molecule has 23 heavy (non-hydrogen) atoms. The third-order valence-electron chi connectivity index (χ3n) is 3.54. The van der Waals surface area contributed by atoms with Crippen LogP contribution in [0.1, 0.15) is 24.5 Å². The summed E-state index contributed by atoms with van der Waals surface area (Å²) in [6.07, 6.45) is 4.17. The zero-order chi connectivity index (χ0) is 17.0. The van der Waals surface area contributed by atoms with E-state index in [2.05, 4.69) is 10.4 Å². The van der Waals surface area contributed by atoms with Gasteiger partial charge in [-0.3, -0.25) is 4.79 Å². The van der Waals surface area contributed by atoms with Crippen LogP contribution < -0.4 is 5.32 Å². The van der Waals surface area contributed by atoms with Gasteiger partial charge >= 0.3 is 0 Å². The number of carbonyl (C=O) groups excluding carboxylic acids is 1. The maximum Gasteiger partial charge on any atom is 0.238 e. The van der Waals surface area contributed by atoms with Crippen LogP contribution in [0, 0.1) is 18.6 Å². The van der Waals surface area contributed by atoms with Crippen molar-refractivity contribution in [3.05, 3.63) is 47.2 Å². The van der Waals surface area contributed by atoms with Crippen molar-refractivity contribution >= 4 is 23.5 Å². The second-order valence-electron chi connectivity index (χ2n) is 5.19. The fraction of sp³-hybridized carbons (Fsp3) is 0.375. The Kier molecular flexibility index (Phi) is 5.76. The Morgan fingerprint density at radius 3 is 2.83 bits per heavy atom. The summed E-state index contributed by atoms with van der Waals surface area (Å²) in [6.45, 7) is 3.79. The molecule has 4 nitrogen and oxygen atoms in total. The molecule has 124 valence electrons. The number of nitrogens with zero attached hydrogens (tertiary/aromatic N) is 2. The Bertz CT molecular complexity index is 699. The molecule has 1 heterocycles. The number of anilines is 1. The number of thioether (sulfide) groups is 1. The fourth-order valence-corrected chi connectivity index (χ4v) is 2.85. The van der Waals surface area contributed by atoms with E-state index in [-0.39, 0.29) is 23.3 Å². The van der Waals surface area contributed by atoms with E-state index in [4.69, 9.17) is 0 Å². The number of hydrogen-bond acceptors (Lipinski definition) is 3. The van der Waals surface area contributed by atoms with E-state index >= 15 is 0 Å². The van der Waals surface area contributed by atoms with Crippen LogP contribution in [0.2, 0.25) is 0 Å². The molecule has 1 atom stereocenters. The summed E-state index contributed by atoms with van der Waals surface area (Å²) in [5, 5.41) is 6.83. The Labute approximate surface area is 138 Å². The molecule has 0 aliphatic heterocycles.